The monoisotopic (exact) mass is 207 g/mol. The molecular weight excluding hydrogens is 190 g/mol. The van der Waals surface area contributed by atoms with Crippen molar-refractivity contribution in [2.75, 3.05) is 20.3 Å². The first-order valence-corrected chi connectivity index (χ1v) is 5.22. The third-order valence-electron chi connectivity index (χ3n) is 2.83. The van der Waals surface area contributed by atoms with E-state index in [2.05, 4.69) is 6.07 Å². The van der Waals surface area contributed by atoms with Gasteiger partial charge in [0.2, 0.25) is 0 Å². The van der Waals surface area contributed by atoms with Crippen LogP contribution < -0.4 is 10.5 Å². The Hall–Kier alpha value is -1.06. The smallest absolute Gasteiger partial charge is 0.122 e. The minimum absolute atomic E-state index is 0.273. The quantitative estimate of drug-likeness (QED) is 0.813. The van der Waals surface area contributed by atoms with Gasteiger partial charge in [0.25, 0.3) is 0 Å². The molecule has 3 nitrogen and oxygen atoms in total. The zero-order valence-electron chi connectivity index (χ0n) is 9.03. The van der Waals surface area contributed by atoms with Crippen LogP contribution in [-0.2, 0) is 11.2 Å². The second-order valence-corrected chi connectivity index (χ2v) is 4.18. The number of ether oxygens (including phenoxy) is 2. The van der Waals surface area contributed by atoms with E-state index in [1.807, 2.05) is 18.2 Å². The average Bonchev–Trinajstić information content (AvgIpc) is 2.26. The molecule has 1 aliphatic heterocycles. The fourth-order valence-corrected chi connectivity index (χ4v) is 1.91. The van der Waals surface area contributed by atoms with Crippen molar-refractivity contribution in [2.45, 2.75) is 18.4 Å². The molecule has 1 aromatic carbocycles. The molecule has 1 aliphatic rings. The lowest BCUT2D eigenvalue weighted by molar-refractivity contribution is 0.126. The molecule has 0 fully saturated rings. The lowest BCUT2D eigenvalue weighted by atomic mass is 9.87. The van der Waals surface area contributed by atoms with Crippen molar-refractivity contribution in [3.8, 4) is 5.75 Å². The van der Waals surface area contributed by atoms with Crippen molar-refractivity contribution in [2.24, 2.45) is 5.73 Å². The van der Waals surface area contributed by atoms with E-state index in [-0.39, 0.29) is 5.54 Å². The van der Waals surface area contributed by atoms with Crippen molar-refractivity contribution >= 4 is 0 Å². The van der Waals surface area contributed by atoms with Crippen molar-refractivity contribution in [3.63, 3.8) is 0 Å². The Balaban J connectivity index is 2.10. The summed E-state index contributed by atoms with van der Waals surface area (Å²) in [7, 11) is 1.70. The molecule has 82 valence electrons. The maximum atomic E-state index is 6.25. The van der Waals surface area contributed by atoms with Crippen LogP contribution >= 0.6 is 0 Å². The third kappa shape index (κ3) is 2.30. The Kier molecular flexibility index (Phi) is 2.93. The number of rotatable bonds is 3. The SMILES string of the molecule is COCCC1(N)COc2ccccc2C1. The van der Waals surface area contributed by atoms with Crippen LogP contribution in [0.25, 0.3) is 0 Å². The van der Waals surface area contributed by atoms with Crippen LogP contribution in [0.5, 0.6) is 5.75 Å². The van der Waals surface area contributed by atoms with Crippen LogP contribution in [0.4, 0.5) is 0 Å². The van der Waals surface area contributed by atoms with Gasteiger partial charge < -0.3 is 15.2 Å². The number of hydrogen-bond acceptors (Lipinski definition) is 3. The summed E-state index contributed by atoms with van der Waals surface area (Å²) in [5.41, 5.74) is 7.18. The summed E-state index contributed by atoms with van der Waals surface area (Å²) < 4.78 is 10.7. The molecule has 0 bridgehead atoms. The number of hydrogen-bond donors (Lipinski definition) is 1. The standard InChI is InChI=1S/C12H17NO2/c1-14-7-6-12(13)8-10-4-2-3-5-11(10)15-9-12/h2-5H,6-9,13H2,1H3. The third-order valence-corrected chi connectivity index (χ3v) is 2.83. The average molecular weight is 207 g/mol. The van der Waals surface area contributed by atoms with E-state index in [0.29, 0.717) is 13.2 Å². The highest BCUT2D eigenvalue weighted by molar-refractivity contribution is 5.36. The van der Waals surface area contributed by atoms with Gasteiger partial charge >= 0.3 is 0 Å². The molecule has 1 aromatic rings. The zero-order valence-corrected chi connectivity index (χ0v) is 9.03. The normalized spacial score (nSPS) is 24.4. The van der Waals surface area contributed by atoms with Crippen LogP contribution in [0, 0.1) is 0 Å². The van der Waals surface area contributed by atoms with Crippen LogP contribution in [0.3, 0.4) is 0 Å². The lowest BCUT2D eigenvalue weighted by Gasteiger charge is -2.34. The van der Waals surface area contributed by atoms with Crippen LogP contribution in [0.1, 0.15) is 12.0 Å². The van der Waals surface area contributed by atoms with E-state index in [1.165, 1.54) is 5.56 Å². The fourth-order valence-electron chi connectivity index (χ4n) is 1.91. The molecule has 15 heavy (non-hydrogen) atoms. The highest BCUT2D eigenvalue weighted by atomic mass is 16.5. The lowest BCUT2D eigenvalue weighted by Crippen LogP contribution is -2.50. The van der Waals surface area contributed by atoms with E-state index in [0.717, 1.165) is 18.6 Å². The molecule has 1 unspecified atom stereocenters. The summed E-state index contributed by atoms with van der Waals surface area (Å²) >= 11 is 0. The fraction of sp³-hybridized carbons (Fsp3) is 0.500. The van der Waals surface area contributed by atoms with Gasteiger partial charge in [-0.25, -0.2) is 0 Å². The summed E-state index contributed by atoms with van der Waals surface area (Å²) in [5, 5.41) is 0. The predicted molar refractivity (Wildman–Crippen MR) is 59.1 cm³/mol. The van der Waals surface area contributed by atoms with Crippen LogP contribution in [-0.4, -0.2) is 25.9 Å². The van der Waals surface area contributed by atoms with Gasteiger partial charge in [0, 0.05) is 13.7 Å². The second-order valence-electron chi connectivity index (χ2n) is 4.18. The minimum Gasteiger partial charge on any atom is -0.491 e. The summed E-state index contributed by atoms with van der Waals surface area (Å²) in [6.45, 7) is 1.26. The molecule has 0 aromatic heterocycles. The van der Waals surface area contributed by atoms with E-state index in [4.69, 9.17) is 15.2 Å². The Morgan fingerprint density at radius 3 is 3.07 bits per heavy atom. The highest BCUT2D eigenvalue weighted by Gasteiger charge is 2.31. The minimum atomic E-state index is -0.273. The van der Waals surface area contributed by atoms with Gasteiger partial charge in [-0.3, -0.25) is 0 Å². The molecule has 0 saturated carbocycles. The highest BCUT2D eigenvalue weighted by Crippen LogP contribution is 2.29. The summed E-state index contributed by atoms with van der Waals surface area (Å²) in [5.74, 6) is 0.969. The van der Waals surface area contributed by atoms with E-state index in [1.54, 1.807) is 7.11 Å². The summed E-state index contributed by atoms with van der Waals surface area (Å²) in [6.07, 6.45) is 1.70. The number of methoxy groups -OCH3 is 1. The molecule has 0 saturated heterocycles. The van der Waals surface area contributed by atoms with Gasteiger partial charge in [0.05, 0.1) is 5.54 Å². The Morgan fingerprint density at radius 2 is 2.27 bits per heavy atom. The Labute approximate surface area is 90.2 Å². The molecule has 0 radical (unpaired) electrons. The number of nitrogens with two attached hydrogens (primary N) is 1. The molecule has 2 N–H and O–H groups in total. The first kappa shape index (κ1) is 10.5. The molecule has 0 spiro atoms. The van der Waals surface area contributed by atoms with Crippen LogP contribution in [0.2, 0.25) is 0 Å². The first-order chi connectivity index (χ1) is 7.23. The van der Waals surface area contributed by atoms with E-state index >= 15 is 0 Å². The predicted octanol–water partition coefficient (Wildman–Crippen LogP) is 1.36. The number of para-hydroxylation sites is 1. The molecule has 2 rings (SSSR count). The van der Waals surface area contributed by atoms with E-state index in [9.17, 15) is 0 Å². The topological polar surface area (TPSA) is 44.5 Å². The Morgan fingerprint density at radius 1 is 1.47 bits per heavy atom. The number of fused-ring (bicyclic) bond motifs is 1. The maximum Gasteiger partial charge on any atom is 0.122 e. The first-order valence-electron chi connectivity index (χ1n) is 5.22. The van der Waals surface area contributed by atoms with Crippen molar-refractivity contribution < 1.29 is 9.47 Å². The molecule has 0 amide bonds. The van der Waals surface area contributed by atoms with Gasteiger partial charge in [-0.05, 0) is 24.5 Å². The molecule has 3 heteroatoms. The largest absolute Gasteiger partial charge is 0.491 e. The molecule has 0 aliphatic carbocycles. The van der Waals surface area contributed by atoms with Crippen molar-refractivity contribution in [1.82, 2.24) is 0 Å². The van der Waals surface area contributed by atoms with Gasteiger partial charge in [-0.2, -0.15) is 0 Å². The van der Waals surface area contributed by atoms with Crippen LogP contribution in [0.15, 0.2) is 24.3 Å². The Bertz CT molecular complexity index is 340. The van der Waals surface area contributed by atoms with Crippen molar-refractivity contribution in [1.29, 1.82) is 0 Å². The number of benzene rings is 1. The summed E-state index contributed by atoms with van der Waals surface area (Å²) in [4.78, 5) is 0. The van der Waals surface area contributed by atoms with Gasteiger partial charge in [-0.1, -0.05) is 18.2 Å². The van der Waals surface area contributed by atoms with Gasteiger partial charge in [-0.15, -0.1) is 0 Å². The molecule has 1 heterocycles. The van der Waals surface area contributed by atoms with E-state index < -0.39 is 0 Å². The molecular formula is C12H17NO2. The van der Waals surface area contributed by atoms with Gasteiger partial charge in [0.1, 0.15) is 12.4 Å². The van der Waals surface area contributed by atoms with Gasteiger partial charge in [0.15, 0.2) is 0 Å². The van der Waals surface area contributed by atoms with Crippen molar-refractivity contribution in [3.05, 3.63) is 29.8 Å². The maximum absolute atomic E-state index is 6.25. The zero-order chi connectivity index (χ0) is 10.7. The second kappa shape index (κ2) is 4.21. The summed E-state index contributed by atoms with van der Waals surface area (Å²) in [6, 6.07) is 8.07. The molecule has 1 atom stereocenters.